The van der Waals surface area contributed by atoms with Crippen LogP contribution in [0.2, 0.25) is 0 Å². The van der Waals surface area contributed by atoms with E-state index in [2.05, 4.69) is 0 Å². The van der Waals surface area contributed by atoms with E-state index in [1.807, 2.05) is 0 Å². The Hall–Kier alpha value is -3.19. The zero-order valence-electron chi connectivity index (χ0n) is 16.9. The number of fused-ring (bicyclic) bond motifs is 4. The largest absolute Gasteiger partial charge is 0.507 e. The van der Waals surface area contributed by atoms with E-state index >= 15 is 0 Å². The first-order chi connectivity index (χ1) is 15.9. The highest BCUT2D eigenvalue weighted by molar-refractivity contribution is 6.31. The Kier molecular flexibility index (Phi) is 4.43. The summed E-state index contributed by atoms with van der Waals surface area (Å²) in [6, 6.07) is 8.05. The zero-order valence-corrected chi connectivity index (χ0v) is 16.9. The van der Waals surface area contributed by atoms with Gasteiger partial charge < -0.3 is 39.7 Å². The van der Waals surface area contributed by atoms with E-state index in [4.69, 9.17) is 19.0 Å². The van der Waals surface area contributed by atoms with Crippen LogP contribution < -0.4 is 14.5 Å². The van der Waals surface area contributed by atoms with Crippen LogP contribution in [0.15, 0.2) is 30.3 Å². The van der Waals surface area contributed by atoms with Gasteiger partial charge in [0.05, 0.1) is 17.9 Å². The Balaban J connectivity index is 1.52. The molecule has 33 heavy (non-hydrogen) atoms. The van der Waals surface area contributed by atoms with Crippen molar-refractivity contribution in [1.82, 2.24) is 0 Å². The Morgan fingerprint density at radius 3 is 2.64 bits per heavy atom. The van der Waals surface area contributed by atoms with E-state index in [1.54, 1.807) is 18.2 Å². The van der Waals surface area contributed by atoms with Gasteiger partial charge in [0.2, 0.25) is 13.1 Å². The number of hydrogen-bond donors (Lipinski definition) is 5. The lowest BCUT2D eigenvalue weighted by Crippen LogP contribution is -2.60. The van der Waals surface area contributed by atoms with E-state index in [-0.39, 0.29) is 23.8 Å². The van der Waals surface area contributed by atoms with Gasteiger partial charge in [-0.2, -0.15) is 5.06 Å². The first kappa shape index (κ1) is 20.4. The minimum Gasteiger partial charge on any atom is -0.507 e. The SMILES string of the molecule is O=C1c2cc3c(c4c2c(cc2c(O)cccc24)N1OC1OC(CO)C(O)C(O)C1O)OCO3. The number of amides is 1. The second-order valence-corrected chi connectivity index (χ2v) is 8.08. The standard InChI is InChI=1S/C22H19NO10/c24-6-14-17(26)18(27)19(28)22(32-14)33-23-11-4-9-8(2-1-3-12(9)25)16-15(11)10(21(23)29)5-13-20(16)31-7-30-13/h1-5,14,17-19,22,24-28H,6-7H2. The van der Waals surface area contributed by atoms with Crippen molar-refractivity contribution in [2.75, 3.05) is 18.5 Å². The molecule has 1 fully saturated rings. The van der Waals surface area contributed by atoms with Crippen LogP contribution in [-0.4, -0.2) is 75.5 Å². The number of aromatic hydroxyl groups is 1. The molecule has 11 nitrogen and oxygen atoms in total. The minimum atomic E-state index is -1.71. The summed E-state index contributed by atoms with van der Waals surface area (Å²) in [7, 11) is 0. The molecule has 3 aromatic carbocycles. The second kappa shape index (κ2) is 7.15. The van der Waals surface area contributed by atoms with E-state index < -0.39 is 43.2 Å². The molecular weight excluding hydrogens is 438 g/mol. The van der Waals surface area contributed by atoms with Crippen molar-refractivity contribution >= 4 is 33.1 Å². The molecule has 5 atom stereocenters. The van der Waals surface area contributed by atoms with Gasteiger partial charge in [-0.15, -0.1) is 0 Å². The summed E-state index contributed by atoms with van der Waals surface area (Å²) in [6.07, 6.45) is -7.74. The molecule has 0 radical (unpaired) electrons. The number of aliphatic hydroxyl groups excluding tert-OH is 4. The minimum absolute atomic E-state index is 0.0162. The molecule has 3 aromatic rings. The van der Waals surface area contributed by atoms with Gasteiger partial charge in [0.25, 0.3) is 5.91 Å². The fourth-order valence-corrected chi connectivity index (χ4v) is 4.61. The van der Waals surface area contributed by atoms with Crippen LogP contribution in [0.1, 0.15) is 10.4 Å². The van der Waals surface area contributed by atoms with Gasteiger partial charge in [-0.05, 0) is 23.6 Å². The third kappa shape index (κ3) is 2.75. The molecule has 3 heterocycles. The summed E-state index contributed by atoms with van der Waals surface area (Å²) >= 11 is 0. The van der Waals surface area contributed by atoms with Gasteiger partial charge >= 0.3 is 0 Å². The summed E-state index contributed by atoms with van der Waals surface area (Å²) in [4.78, 5) is 19.0. The molecule has 0 aliphatic carbocycles. The van der Waals surface area contributed by atoms with Gasteiger partial charge in [-0.25, -0.2) is 4.84 Å². The maximum Gasteiger partial charge on any atom is 0.283 e. The number of hydroxylamine groups is 1. The summed E-state index contributed by atoms with van der Waals surface area (Å²) in [5.74, 6) is 0.159. The van der Waals surface area contributed by atoms with Crippen molar-refractivity contribution in [1.29, 1.82) is 0 Å². The van der Waals surface area contributed by atoms with E-state index in [0.717, 1.165) is 5.06 Å². The van der Waals surface area contributed by atoms with Crippen LogP contribution in [0, 0.1) is 0 Å². The van der Waals surface area contributed by atoms with Crippen LogP contribution in [0.25, 0.3) is 21.5 Å². The molecule has 5 N–H and O–H groups in total. The van der Waals surface area contributed by atoms with Gasteiger partial charge in [-0.3, -0.25) is 4.79 Å². The van der Waals surface area contributed by atoms with Crippen molar-refractivity contribution in [2.45, 2.75) is 30.7 Å². The normalized spacial score (nSPS) is 28.3. The average molecular weight is 457 g/mol. The van der Waals surface area contributed by atoms with Crippen molar-refractivity contribution < 1.29 is 49.4 Å². The van der Waals surface area contributed by atoms with Gasteiger partial charge in [0.1, 0.15) is 30.2 Å². The summed E-state index contributed by atoms with van der Waals surface area (Å²) in [6.45, 7) is -0.661. The Labute approximate surface area is 185 Å². The molecule has 0 spiro atoms. The summed E-state index contributed by atoms with van der Waals surface area (Å²) in [5.41, 5.74) is 0.508. The maximum atomic E-state index is 13.4. The maximum absolute atomic E-state index is 13.4. The topological polar surface area (TPSA) is 158 Å². The third-order valence-corrected chi connectivity index (χ3v) is 6.24. The average Bonchev–Trinajstić information content (AvgIpc) is 3.39. The molecule has 11 heteroatoms. The highest BCUT2D eigenvalue weighted by atomic mass is 16.8. The Morgan fingerprint density at radius 1 is 1.03 bits per heavy atom. The Bertz CT molecular complexity index is 1310. The first-order valence-corrected chi connectivity index (χ1v) is 10.2. The number of carbonyl (C=O) groups is 1. The van der Waals surface area contributed by atoms with E-state index in [0.29, 0.717) is 33.0 Å². The smallest absolute Gasteiger partial charge is 0.283 e. The number of hydrogen-bond acceptors (Lipinski definition) is 10. The number of ether oxygens (including phenoxy) is 3. The van der Waals surface area contributed by atoms with Crippen LogP contribution in [0.4, 0.5) is 5.69 Å². The van der Waals surface area contributed by atoms with Crippen LogP contribution in [0.3, 0.4) is 0 Å². The summed E-state index contributed by atoms with van der Waals surface area (Å²) < 4.78 is 16.6. The lowest BCUT2D eigenvalue weighted by molar-refractivity contribution is -0.301. The molecule has 5 unspecified atom stereocenters. The lowest BCUT2D eigenvalue weighted by atomic mass is 9.97. The predicted molar refractivity (Wildman–Crippen MR) is 111 cm³/mol. The molecular formula is C22H19NO10. The molecule has 0 aromatic heterocycles. The van der Waals surface area contributed by atoms with Crippen LogP contribution in [-0.2, 0) is 9.57 Å². The van der Waals surface area contributed by atoms with Crippen molar-refractivity contribution in [2.24, 2.45) is 0 Å². The van der Waals surface area contributed by atoms with Gasteiger partial charge in [0, 0.05) is 16.2 Å². The third-order valence-electron chi connectivity index (χ3n) is 6.24. The number of aliphatic hydroxyl groups is 4. The van der Waals surface area contributed by atoms with Crippen LogP contribution in [0.5, 0.6) is 17.2 Å². The number of nitrogens with zero attached hydrogens (tertiary/aromatic N) is 1. The fraction of sp³-hybridized carbons (Fsp3) is 0.318. The number of anilines is 1. The monoisotopic (exact) mass is 457 g/mol. The molecule has 172 valence electrons. The molecule has 0 saturated carbocycles. The number of benzene rings is 3. The second-order valence-electron chi connectivity index (χ2n) is 8.08. The van der Waals surface area contributed by atoms with Gasteiger partial charge in [-0.1, -0.05) is 12.1 Å². The molecule has 6 rings (SSSR count). The fourth-order valence-electron chi connectivity index (χ4n) is 4.61. The number of rotatable bonds is 3. The molecule has 3 aliphatic heterocycles. The molecule has 1 saturated heterocycles. The quantitative estimate of drug-likeness (QED) is 0.342. The van der Waals surface area contributed by atoms with Gasteiger partial charge in [0.15, 0.2) is 11.5 Å². The highest BCUT2D eigenvalue weighted by Gasteiger charge is 2.47. The molecule has 0 bridgehead atoms. The predicted octanol–water partition coefficient (Wildman–Crippen LogP) is 0.119. The number of phenolic OH excluding ortho intramolecular Hbond substituents is 1. The zero-order chi connectivity index (χ0) is 23.0. The van der Waals surface area contributed by atoms with Crippen molar-refractivity contribution in [3.05, 3.63) is 35.9 Å². The van der Waals surface area contributed by atoms with E-state index in [1.165, 1.54) is 12.1 Å². The van der Waals surface area contributed by atoms with E-state index in [9.17, 15) is 30.3 Å². The highest BCUT2D eigenvalue weighted by Crippen LogP contribution is 2.52. The molecule has 1 amide bonds. The first-order valence-electron chi connectivity index (χ1n) is 10.2. The summed E-state index contributed by atoms with van der Waals surface area (Å²) in [5, 5.41) is 53.4. The van der Waals surface area contributed by atoms with Crippen molar-refractivity contribution in [3.63, 3.8) is 0 Å². The van der Waals surface area contributed by atoms with Crippen molar-refractivity contribution in [3.8, 4) is 17.2 Å². The molecule has 3 aliphatic rings. The number of carbonyl (C=O) groups excluding carboxylic acids is 1. The Morgan fingerprint density at radius 2 is 1.85 bits per heavy atom. The lowest BCUT2D eigenvalue weighted by Gasteiger charge is -2.40. The van der Waals surface area contributed by atoms with Crippen LogP contribution >= 0.6 is 0 Å². The number of phenols is 1.